The molecule has 0 fully saturated rings. The van der Waals surface area contributed by atoms with Gasteiger partial charge in [0.15, 0.2) is 0 Å². The second-order valence-corrected chi connectivity index (χ2v) is 3.73. The van der Waals surface area contributed by atoms with Gasteiger partial charge < -0.3 is 9.88 Å². The van der Waals surface area contributed by atoms with Crippen LogP contribution in [-0.4, -0.2) is 15.6 Å². The quantitative estimate of drug-likeness (QED) is 0.704. The molecule has 0 unspecified atom stereocenters. The molecule has 0 aliphatic carbocycles. The van der Waals surface area contributed by atoms with Crippen molar-refractivity contribution >= 4 is 15.9 Å². The zero-order valence-electron chi connectivity index (χ0n) is 6.34. The zero-order valence-corrected chi connectivity index (χ0v) is 7.93. The summed E-state index contributed by atoms with van der Waals surface area (Å²) in [6.45, 7) is 4.08. The number of fused-ring (bicyclic) bond motifs is 1. The lowest BCUT2D eigenvalue weighted by molar-refractivity contribution is 0.410. The van der Waals surface area contributed by atoms with Crippen LogP contribution in [0.15, 0.2) is 10.8 Å². The van der Waals surface area contributed by atoms with E-state index in [0.717, 1.165) is 23.5 Å². The Hall–Kier alpha value is -0.350. The van der Waals surface area contributed by atoms with Crippen molar-refractivity contribution in [1.29, 1.82) is 0 Å². The van der Waals surface area contributed by atoms with Gasteiger partial charge in [0.2, 0.25) is 0 Å². The van der Waals surface area contributed by atoms with E-state index < -0.39 is 0 Å². The molecule has 1 aromatic rings. The number of halogens is 1. The summed E-state index contributed by atoms with van der Waals surface area (Å²) in [5.41, 5.74) is 0. The fourth-order valence-electron chi connectivity index (χ4n) is 1.34. The SMILES string of the molecule is C[C@@H]1Cn2cc(Br)nc2CN1. The normalized spacial score (nSPS) is 23.3. The Balaban J connectivity index is 2.34. The molecular weight excluding hydrogens is 206 g/mol. The standard InChI is InChI=1S/C7H10BrN3/c1-5-3-11-4-6(8)10-7(11)2-9-5/h4-5,9H,2-3H2,1H3/t5-/m1/s1. The van der Waals surface area contributed by atoms with Crippen LogP contribution in [0.2, 0.25) is 0 Å². The fourth-order valence-corrected chi connectivity index (χ4v) is 1.80. The van der Waals surface area contributed by atoms with E-state index in [0.29, 0.717) is 6.04 Å². The van der Waals surface area contributed by atoms with Gasteiger partial charge in [-0.25, -0.2) is 4.98 Å². The first kappa shape index (κ1) is 7.31. The first-order chi connectivity index (χ1) is 5.25. The van der Waals surface area contributed by atoms with Crippen LogP contribution in [0.5, 0.6) is 0 Å². The third kappa shape index (κ3) is 1.32. The van der Waals surface area contributed by atoms with Crippen LogP contribution in [0.1, 0.15) is 12.7 Å². The van der Waals surface area contributed by atoms with Gasteiger partial charge in [-0.1, -0.05) is 0 Å². The van der Waals surface area contributed by atoms with Crippen molar-refractivity contribution in [3.8, 4) is 0 Å². The fraction of sp³-hybridized carbons (Fsp3) is 0.571. The molecule has 2 rings (SSSR count). The van der Waals surface area contributed by atoms with Gasteiger partial charge in [-0.2, -0.15) is 0 Å². The molecule has 0 aromatic carbocycles. The van der Waals surface area contributed by atoms with E-state index in [1.165, 1.54) is 0 Å². The number of imidazole rings is 1. The van der Waals surface area contributed by atoms with Crippen molar-refractivity contribution in [3.05, 3.63) is 16.6 Å². The van der Waals surface area contributed by atoms with E-state index in [4.69, 9.17) is 0 Å². The maximum absolute atomic E-state index is 4.30. The van der Waals surface area contributed by atoms with Crippen molar-refractivity contribution in [2.75, 3.05) is 0 Å². The molecule has 1 aliphatic heterocycles. The van der Waals surface area contributed by atoms with E-state index in [2.05, 4.69) is 37.7 Å². The highest BCUT2D eigenvalue weighted by atomic mass is 79.9. The predicted octanol–water partition coefficient (Wildman–Crippen LogP) is 1.14. The molecule has 1 aromatic heterocycles. The van der Waals surface area contributed by atoms with Crippen LogP contribution in [0.25, 0.3) is 0 Å². The lowest BCUT2D eigenvalue weighted by Crippen LogP contribution is -2.36. The third-order valence-corrected chi connectivity index (χ3v) is 2.29. The monoisotopic (exact) mass is 215 g/mol. The van der Waals surface area contributed by atoms with Crippen LogP contribution < -0.4 is 5.32 Å². The Kier molecular flexibility index (Phi) is 1.73. The summed E-state index contributed by atoms with van der Waals surface area (Å²) < 4.78 is 3.12. The van der Waals surface area contributed by atoms with E-state index >= 15 is 0 Å². The molecule has 0 saturated heterocycles. The van der Waals surface area contributed by atoms with Crippen molar-refractivity contribution in [3.63, 3.8) is 0 Å². The molecule has 3 nitrogen and oxygen atoms in total. The lowest BCUT2D eigenvalue weighted by atomic mass is 10.3. The van der Waals surface area contributed by atoms with Crippen molar-refractivity contribution in [1.82, 2.24) is 14.9 Å². The second kappa shape index (κ2) is 2.60. The van der Waals surface area contributed by atoms with E-state index in [1.54, 1.807) is 0 Å². The number of aromatic nitrogens is 2. The molecule has 1 atom stereocenters. The summed E-state index contributed by atoms with van der Waals surface area (Å²) in [4.78, 5) is 4.30. The van der Waals surface area contributed by atoms with Crippen LogP contribution >= 0.6 is 15.9 Å². The Labute approximate surface area is 73.9 Å². The van der Waals surface area contributed by atoms with Gasteiger partial charge in [0.05, 0.1) is 6.54 Å². The molecule has 0 bridgehead atoms. The van der Waals surface area contributed by atoms with Gasteiger partial charge in [-0.05, 0) is 22.9 Å². The molecule has 2 heterocycles. The summed E-state index contributed by atoms with van der Waals surface area (Å²) >= 11 is 3.35. The maximum Gasteiger partial charge on any atom is 0.124 e. The average molecular weight is 216 g/mol. The van der Waals surface area contributed by atoms with Gasteiger partial charge in [0, 0.05) is 18.8 Å². The molecule has 1 N–H and O–H groups in total. The number of rotatable bonds is 0. The highest BCUT2D eigenvalue weighted by molar-refractivity contribution is 9.10. The summed E-state index contributed by atoms with van der Waals surface area (Å²) in [6, 6.07) is 0.559. The van der Waals surface area contributed by atoms with E-state index in [-0.39, 0.29) is 0 Å². The minimum atomic E-state index is 0.559. The van der Waals surface area contributed by atoms with Crippen molar-refractivity contribution < 1.29 is 0 Å². The molecule has 60 valence electrons. The summed E-state index contributed by atoms with van der Waals surface area (Å²) in [5.74, 6) is 1.12. The highest BCUT2D eigenvalue weighted by Gasteiger charge is 2.14. The van der Waals surface area contributed by atoms with E-state index in [9.17, 15) is 0 Å². The van der Waals surface area contributed by atoms with Gasteiger partial charge in [0.1, 0.15) is 10.4 Å². The van der Waals surface area contributed by atoms with Crippen LogP contribution in [-0.2, 0) is 13.1 Å². The summed E-state index contributed by atoms with van der Waals surface area (Å²) in [5, 5.41) is 3.35. The topological polar surface area (TPSA) is 29.9 Å². The van der Waals surface area contributed by atoms with Crippen LogP contribution in [0, 0.1) is 0 Å². The second-order valence-electron chi connectivity index (χ2n) is 2.91. The smallest absolute Gasteiger partial charge is 0.124 e. The number of hydrogen-bond donors (Lipinski definition) is 1. The molecule has 4 heteroatoms. The molecule has 11 heavy (non-hydrogen) atoms. The molecule has 0 spiro atoms. The molecule has 1 aliphatic rings. The summed E-state index contributed by atoms with van der Waals surface area (Å²) in [6.07, 6.45) is 2.03. The third-order valence-electron chi connectivity index (χ3n) is 1.91. The Morgan fingerprint density at radius 2 is 2.64 bits per heavy atom. The molecule has 0 radical (unpaired) electrons. The van der Waals surface area contributed by atoms with Gasteiger partial charge in [-0.3, -0.25) is 0 Å². The molecule has 0 saturated carbocycles. The van der Waals surface area contributed by atoms with Gasteiger partial charge >= 0.3 is 0 Å². The Bertz CT molecular complexity index is 269. The molecule has 0 amide bonds. The summed E-state index contributed by atoms with van der Waals surface area (Å²) in [7, 11) is 0. The lowest BCUT2D eigenvalue weighted by Gasteiger charge is -2.21. The number of hydrogen-bond acceptors (Lipinski definition) is 2. The number of nitrogens with zero attached hydrogens (tertiary/aromatic N) is 2. The van der Waals surface area contributed by atoms with Crippen LogP contribution in [0.4, 0.5) is 0 Å². The van der Waals surface area contributed by atoms with Crippen LogP contribution in [0.3, 0.4) is 0 Å². The average Bonchev–Trinajstić information content (AvgIpc) is 2.27. The van der Waals surface area contributed by atoms with Crippen molar-refractivity contribution in [2.24, 2.45) is 0 Å². The van der Waals surface area contributed by atoms with Crippen molar-refractivity contribution in [2.45, 2.75) is 26.1 Å². The minimum Gasteiger partial charge on any atom is -0.331 e. The first-order valence-corrected chi connectivity index (χ1v) is 4.50. The number of nitrogens with one attached hydrogen (secondary N) is 1. The van der Waals surface area contributed by atoms with Gasteiger partial charge in [-0.15, -0.1) is 0 Å². The molecular formula is C7H10BrN3. The van der Waals surface area contributed by atoms with E-state index in [1.807, 2.05) is 6.20 Å². The zero-order chi connectivity index (χ0) is 7.84. The highest BCUT2D eigenvalue weighted by Crippen LogP contribution is 2.13. The minimum absolute atomic E-state index is 0.559. The van der Waals surface area contributed by atoms with Gasteiger partial charge in [0.25, 0.3) is 0 Å². The predicted molar refractivity (Wildman–Crippen MR) is 46.2 cm³/mol. The Morgan fingerprint density at radius 1 is 1.82 bits per heavy atom. The Morgan fingerprint density at radius 3 is 3.45 bits per heavy atom. The first-order valence-electron chi connectivity index (χ1n) is 3.70. The largest absolute Gasteiger partial charge is 0.331 e. The maximum atomic E-state index is 4.30.